The van der Waals surface area contributed by atoms with Gasteiger partial charge in [-0.3, -0.25) is 0 Å². The minimum absolute atomic E-state index is 0.358. The maximum Gasteiger partial charge on any atom is 0.214 e. The molecule has 1 aromatic heterocycles. The number of rotatable bonds is 1. The molecule has 0 saturated heterocycles. The Morgan fingerprint density at radius 2 is 2.50 bits per heavy atom. The quantitative estimate of drug-likeness (QED) is 0.580. The summed E-state index contributed by atoms with van der Waals surface area (Å²) < 4.78 is 5.02. The number of hydrogen-bond acceptors (Lipinski definition) is 3. The van der Waals surface area contributed by atoms with Crippen LogP contribution in [0.5, 0.6) is 0 Å². The molecule has 0 spiro atoms. The van der Waals surface area contributed by atoms with Crippen LogP contribution in [0, 0.1) is 11.3 Å². The van der Waals surface area contributed by atoms with Gasteiger partial charge in [0.05, 0.1) is 12.3 Å². The minimum atomic E-state index is -0.358. The Labute approximate surface area is 58.3 Å². The molecule has 1 heterocycles. The lowest BCUT2D eigenvalue weighted by Crippen LogP contribution is -2.01. The fraction of sp³-hybridized carbons (Fsp3) is 0.429. The number of hydrogen-bond donors (Lipinski definition) is 0. The van der Waals surface area contributed by atoms with Gasteiger partial charge < -0.3 is 4.42 Å². The monoisotopic (exact) mass is 134 g/mol. The van der Waals surface area contributed by atoms with Crippen LogP contribution in [0.2, 0.25) is 0 Å². The summed E-state index contributed by atoms with van der Waals surface area (Å²) in [7, 11) is 0. The molecule has 0 unspecified atom stereocenters. The summed E-state index contributed by atoms with van der Waals surface area (Å²) in [5.41, 5.74) is -0.358. The summed E-state index contributed by atoms with van der Waals surface area (Å²) in [5, 5.41) is 8.68. The third kappa shape index (κ3) is 0.561. The molecule has 0 N–H and O–H groups in total. The zero-order valence-corrected chi connectivity index (χ0v) is 5.37. The second kappa shape index (κ2) is 1.60. The van der Waals surface area contributed by atoms with Gasteiger partial charge in [0.15, 0.2) is 0 Å². The SMILES string of the molecule is N#CC1(c2ncco2)CC1. The van der Waals surface area contributed by atoms with Gasteiger partial charge in [-0.25, -0.2) is 4.98 Å². The first-order valence-corrected chi connectivity index (χ1v) is 3.19. The van der Waals surface area contributed by atoms with Crippen molar-refractivity contribution in [3.63, 3.8) is 0 Å². The molecule has 0 atom stereocenters. The highest BCUT2D eigenvalue weighted by atomic mass is 16.3. The molecule has 1 aromatic rings. The Morgan fingerprint density at radius 3 is 2.90 bits per heavy atom. The van der Waals surface area contributed by atoms with Crippen LogP contribution in [0.4, 0.5) is 0 Å². The van der Waals surface area contributed by atoms with Crippen molar-refractivity contribution in [2.24, 2.45) is 0 Å². The molecule has 1 aliphatic carbocycles. The Balaban J connectivity index is 2.38. The normalized spacial score (nSPS) is 19.9. The molecular formula is C7H6N2O. The lowest BCUT2D eigenvalue weighted by molar-refractivity contribution is 0.471. The first-order valence-electron chi connectivity index (χ1n) is 3.19. The first-order chi connectivity index (χ1) is 4.87. The number of oxazole rings is 1. The fourth-order valence-corrected chi connectivity index (χ4v) is 0.958. The largest absolute Gasteiger partial charge is 0.447 e. The summed E-state index contributed by atoms with van der Waals surface area (Å²) in [5.74, 6) is 0.579. The summed E-state index contributed by atoms with van der Waals surface area (Å²) in [6.45, 7) is 0. The molecule has 0 amide bonds. The smallest absolute Gasteiger partial charge is 0.214 e. The van der Waals surface area contributed by atoms with Gasteiger partial charge >= 0.3 is 0 Å². The van der Waals surface area contributed by atoms with E-state index in [1.54, 1.807) is 6.20 Å². The van der Waals surface area contributed by atoms with Crippen molar-refractivity contribution in [2.75, 3.05) is 0 Å². The van der Waals surface area contributed by atoms with E-state index in [4.69, 9.17) is 9.68 Å². The summed E-state index contributed by atoms with van der Waals surface area (Å²) >= 11 is 0. The Bertz CT molecular complexity index is 266. The van der Waals surface area contributed by atoms with Crippen LogP contribution in [0.3, 0.4) is 0 Å². The van der Waals surface area contributed by atoms with E-state index in [2.05, 4.69) is 11.1 Å². The second-order valence-corrected chi connectivity index (χ2v) is 2.53. The van der Waals surface area contributed by atoms with Crippen LogP contribution in [-0.2, 0) is 5.41 Å². The topological polar surface area (TPSA) is 49.8 Å². The van der Waals surface area contributed by atoms with Gasteiger partial charge in [0.2, 0.25) is 5.89 Å². The number of nitriles is 1. The third-order valence-corrected chi connectivity index (χ3v) is 1.81. The molecule has 1 aliphatic rings. The Kier molecular flexibility index (Phi) is 0.877. The molecule has 0 radical (unpaired) electrons. The summed E-state index contributed by atoms with van der Waals surface area (Å²) in [4.78, 5) is 3.93. The lowest BCUT2D eigenvalue weighted by Gasteiger charge is -1.94. The third-order valence-electron chi connectivity index (χ3n) is 1.81. The van der Waals surface area contributed by atoms with Crippen molar-refractivity contribution in [3.05, 3.63) is 18.4 Å². The van der Waals surface area contributed by atoms with Crippen molar-refractivity contribution in [2.45, 2.75) is 18.3 Å². The highest BCUT2D eigenvalue weighted by Crippen LogP contribution is 2.46. The molecule has 0 aromatic carbocycles. The van der Waals surface area contributed by atoms with Crippen LogP contribution in [0.25, 0.3) is 0 Å². The summed E-state index contributed by atoms with van der Waals surface area (Å²) in [6.07, 6.45) is 4.87. The van der Waals surface area contributed by atoms with Gasteiger partial charge in [0, 0.05) is 0 Å². The molecule has 10 heavy (non-hydrogen) atoms. The van der Waals surface area contributed by atoms with E-state index in [0.29, 0.717) is 5.89 Å². The zero-order chi connectivity index (χ0) is 7.03. The van der Waals surface area contributed by atoms with E-state index in [1.807, 2.05) is 0 Å². The molecular weight excluding hydrogens is 128 g/mol. The van der Waals surface area contributed by atoms with Crippen LogP contribution >= 0.6 is 0 Å². The molecule has 1 fully saturated rings. The van der Waals surface area contributed by atoms with Gasteiger partial charge in [0.25, 0.3) is 0 Å². The van der Waals surface area contributed by atoms with Gasteiger partial charge in [-0.15, -0.1) is 0 Å². The minimum Gasteiger partial charge on any atom is -0.447 e. The van der Waals surface area contributed by atoms with E-state index in [-0.39, 0.29) is 5.41 Å². The van der Waals surface area contributed by atoms with Gasteiger partial charge in [0.1, 0.15) is 11.7 Å². The van der Waals surface area contributed by atoms with Crippen molar-refractivity contribution < 1.29 is 4.42 Å². The molecule has 0 bridgehead atoms. The first kappa shape index (κ1) is 5.48. The predicted molar refractivity (Wildman–Crippen MR) is 33.0 cm³/mol. The van der Waals surface area contributed by atoms with Crippen LogP contribution < -0.4 is 0 Å². The predicted octanol–water partition coefficient (Wildman–Crippen LogP) is 1.23. The highest BCUT2D eigenvalue weighted by molar-refractivity contribution is 5.27. The standard InChI is InChI=1S/C7H6N2O/c8-5-7(1-2-7)6-9-3-4-10-6/h3-4H,1-2H2. The maximum absolute atomic E-state index is 8.68. The fourth-order valence-electron chi connectivity index (χ4n) is 0.958. The van der Waals surface area contributed by atoms with Crippen molar-refractivity contribution in [3.8, 4) is 6.07 Å². The number of aromatic nitrogens is 1. The molecule has 3 heteroatoms. The lowest BCUT2D eigenvalue weighted by atomic mass is 10.1. The van der Waals surface area contributed by atoms with Gasteiger partial charge in [-0.05, 0) is 12.8 Å². The summed E-state index contributed by atoms with van der Waals surface area (Å²) in [6, 6.07) is 2.20. The molecule has 50 valence electrons. The highest BCUT2D eigenvalue weighted by Gasteiger charge is 2.49. The second-order valence-electron chi connectivity index (χ2n) is 2.53. The average molecular weight is 134 g/mol. The van der Waals surface area contributed by atoms with E-state index in [9.17, 15) is 0 Å². The average Bonchev–Trinajstić information content (AvgIpc) is 2.58. The van der Waals surface area contributed by atoms with Crippen LogP contribution in [0.1, 0.15) is 18.7 Å². The van der Waals surface area contributed by atoms with Crippen LogP contribution in [-0.4, -0.2) is 4.98 Å². The number of nitrogens with zero attached hydrogens (tertiary/aromatic N) is 2. The van der Waals surface area contributed by atoms with Gasteiger partial charge in [-0.1, -0.05) is 0 Å². The van der Waals surface area contributed by atoms with Crippen molar-refractivity contribution in [1.82, 2.24) is 4.98 Å². The molecule has 1 saturated carbocycles. The Hall–Kier alpha value is -1.30. The van der Waals surface area contributed by atoms with Crippen molar-refractivity contribution in [1.29, 1.82) is 5.26 Å². The molecule has 3 nitrogen and oxygen atoms in total. The van der Waals surface area contributed by atoms with E-state index in [1.165, 1.54) is 6.26 Å². The molecule has 2 rings (SSSR count). The van der Waals surface area contributed by atoms with Gasteiger partial charge in [-0.2, -0.15) is 5.26 Å². The maximum atomic E-state index is 8.68. The van der Waals surface area contributed by atoms with E-state index in [0.717, 1.165) is 12.8 Å². The van der Waals surface area contributed by atoms with Crippen LogP contribution in [0.15, 0.2) is 16.9 Å². The van der Waals surface area contributed by atoms with Crippen molar-refractivity contribution >= 4 is 0 Å². The Morgan fingerprint density at radius 1 is 1.70 bits per heavy atom. The zero-order valence-electron chi connectivity index (χ0n) is 5.37. The van der Waals surface area contributed by atoms with E-state index < -0.39 is 0 Å². The molecule has 0 aliphatic heterocycles. The van der Waals surface area contributed by atoms with E-state index >= 15 is 0 Å².